The van der Waals surface area contributed by atoms with Crippen molar-refractivity contribution in [2.75, 3.05) is 13.7 Å². The fourth-order valence-corrected chi connectivity index (χ4v) is 4.96. The average Bonchev–Trinajstić information content (AvgIpc) is 3.28. The first-order valence-electron chi connectivity index (χ1n) is 13.1. The number of ether oxygens (including phenoxy) is 2. The van der Waals surface area contributed by atoms with Crippen LogP contribution in [0.15, 0.2) is 78.9 Å². The molecular weight excluding hydrogens is 512 g/mol. The molecule has 3 aromatic carbocycles. The summed E-state index contributed by atoms with van der Waals surface area (Å²) in [6, 6.07) is 22.3. The predicted molar refractivity (Wildman–Crippen MR) is 147 cm³/mol. The lowest BCUT2D eigenvalue weighted by molar-refractivity contribution is -0.152. The SMILES string of the molecule is CCC(C(=O)O)N(C)C(=O)[C@H](CC(=O)OCc1ccccc1)NC(=O)OCC1c2ccccc2-c2ccccc21. The van der Waals surface area contributed by atoms with Gasteiger partial charge in [-0.2, -0.15) is 0 Å². The molecule has 9 heteroatoms. The van der Waals surface area contributed by atoms with E-state index in [9.17, 15) is 24.3 Å². The van der Waals surface area contributed by atoms with Crippen LogP contribution in [0.2, 0.25) is 0 Å². The van der Waals surface area contributed by atoms with Crippen LogP contribution in [0.25, 0.3) is 11.1 Å². The second-order valence-corrected chi connectivity index (χ2v) is 9.58. The van der Waals surface area contributed by atoms with Gasteiger partial charge in [0.25, 0.3) is 0 Å². The van der Waals surface area contributed by atoms with Crippen LogP contribution in [0, 0.1) is 0 Å². The van der Waals surface area contributed by atoms with Gasteiger partial charge >= 0.3 is 18.0 Å². The van der Waals surface area contributed by atoms with Crippen LogP contribution in [0.4, 0.5) is 4.79 Å². The average molecular weight is 545 g/mol. The first-order chi connectivity index (χ1) is 19.3. The van der Waals surface area contributed by atoms with Crippen LogP contribution in [0.5, 0.6) is 0 Å². The molecule has 3 aromatic rings. The molecule has 208 valence electrons. The normalized spacial score (nSPS) is 13.3. The summed E-state index contributed by atoms with van der Waals surface area (Å²) in [6.45, 7) is 1.64. The number of aliphatic carboxylic acids is 1. The van der Waals surface area contributed by atoms with Gasteiger partial charge in [0.15, 0.2) is 0 Å². The Kier molecular flexibility index (Phi) is 9.16. The molecule has 0 spiro atoms. The van der Waals surface area contributed by atoms with Crippen molar-refractivity contribution in [2.24, 2.45) is 0 Å². The number of carboxylic acids is 1. The molecule has 4 rings (SSSR count). The van der Waals surface area contributed by atoms with E-state index < -0.39 is 42.4 Å². The van der Waals surface area contributed by atoms with Gasteiger partial charge in [0.1, 0.15) is 25.3 Å². The van der Waals surface area contributed by atoms with Gasteiger partial charge in [-0.3, -0.25) is 9.59 Å². The Morgan fingerprint density at radius 1 is 0.875 bits per heavy atom. The number of benzene rings is 3. The first-order valence-corrected chi connectivity index (χ1v) is 13.1. The molecule has 0 aliphatic heterocycles. The number of hydrogen-bond acceptors (Lipinski definition) is 6. The van der Waals surface area contributed by atoms with Crippen molar-refractivity contribution in [1.82, 2.24) is 10.2 Å². The summed E-state index contributed by atoms with van der Waals surface area (Å²) >= 11 is 0. The number of rotatable bonds is 11. The second kappa shape index (κ2) is 12.9. The molecule has 0 saturated carbocycles. The molecule has 1 aliphatic carbocycles. The summed E-state index contributed by atoms with van der Waals surface area (Å²) in [6.07, 6.45) is -1.24. The predicted octanol–water partition coefficient (Wildman–Crippen LogP) is 4.35. The van der Waals surface area contributed by atoms with Crippen molar-refractivity contribution in [3.05, 3.63) is 95.6 Å². The van der Waals surface area contributed by atoms with Gasteiger partial charge in [0.2, 0.25) is 5.91 Å². The number of hydrogen-bond donors (Lipinski definition) is 2. The van der Waals surface area contributed by atoms with E-state index in [4.69, 9.17) is 9.47 Å². The Morgan fingerprint density at radius 3 is 2.02 bits per heavy atom. The number of carbonyl (C=O) groups excluding carboxylic acids is 3. The lowest BCUT2D eigenvalue weighted by Gasteiger charge is -2.28. The smallest absolute Gasteiger partial charge is 0.407 e. The molecule has 1 aliphatic rings. The number of fused-ring (bicyclic) bond motifs is 3. The largest absolute Gasteiger partial charge is 0.480 e. The summed E-state index contributed by atoms with van der Waals surface area (Å²) in [5, 5.41) is 12.0. The molecule has 0 heterocycles. The van der Waals surface area contributed by atoms with Crippen molar-refractivity contribution in [3.63, 3.8) is 0 Å². The maximum atomic E-state index is 13.3. The van der Waals surface area contributed by atoms with Crippen LogP contribution in [0.1, 0.15) is 42.4 Å². The van der Waals surface area contributed by atoms with E-state index in [1.165, 1.54) is 7.05 Å². The number of carboxylic acid groups (broad SMARTS) is 1. The Bertz CT molecular complexity index is 1330. The molecule has 1 unspecified atom stereocenters. The van der Waals surface area contributed by atoms with Crippen LogP contribution < -0.4 is 5.32 Å². The molecule has 9 nitrogen and oxygen atoms in total. The van der Waals surface area contributed by atoms with Gasteiger partial charge in [0, 0.05) is 13.0 Å². The van der Waals surface area contributed by atoms with Gasteiger partial charge in [0.05, 0.1) is 6.42 Å². The Morgan fingerprint density at radius 2 is 1.45 bits per heavy atom. The minimum absolute atomic E-state index is 0.00587. The zero-order chi connectivity index (χ0) is 28.6. The Balaban J connectivity index is 1.45. The van der Waals surface area contributed by atoms with Gasteiger partial charge in [-0.05, 0) is 34.2 Å². The summed E-state index contributed by atoms with van der Waals surface area (Å²) in [5.74, 6) is -2.84. The molecule has 0 saturated heterocycles. The second-order valence-electron chi connectivity index (χ2n) is 9.58. The van der Waals surface area contributed by atoms with E-state index >= 15 is 0 Å². The molecular formula is C31H32N2O7. The highest BCUT2D eigenvalue weighted by atomic mass is 16.5. The Hall–Kier alpha value is -4.66. The van der Waals surface area contributed by atoms with Crippen molar-refractivity contribution < 1.29 is 33.8 Å². The van der Waals surface area contributed by atoms with E-state index in [0.29, 0.717) is 0 Å². The molecule has 40 heavy (non-hydrogen) atoms. The summed E-state index contributed by atoms with van der Waals surface area (Å²) in [7, 11) is 1.33. The van der Waals surface area contributed by atoms with Crippen LogP contribution in [0.3, 0.4) is 0 Å². The number of amides is 2. The monoisotopic (exact) mass is 544 g/mol. The molecule has 0 fully saturated rings. The Labute approximate surface area is 232 Å². The lowest BCUT2D eigenvalue weighted by Crippen LogP contribution is -2.53. The molecule has 2 atom stereocenters. The maximum absolute atomic E-state index is 13.3. The minimum atomic E-state index is -1.38. The van der Waals surface area contributed by atoms with Crippen molar-refractivity contribution in [3.8, 4) is 11.1 Å². The first kappa shape index (κ1) is 28.4. The van der Waals surface area contributed by atoms with Crippen LogP contribution in [-0.4, -0.2) is 59.7 Å². The summed E-state index contributed by atoms with van der Waals surface area (Å²) < 4.78 is 10.9. The number of nitrogens with one attached hydrogen (secondary N) is 1. The third-order valence-corrected chi connectivity index (χ3v) is 7.03. The summed E-state index contributed by atoms with van der Waals surface area (Å²) in [4.78, 5) is 51.5. The van der Waals surface area contributed by atoms with Crippen molar-refractivity contribution in [1.29, 1.82) is 0 Å². The molecule has 2 N–H and O–H groups in total. The van der Waals surface area contributed by atoms with E-state index in [1.807, 2.05) is 54.6 Å². The molecule has 0 bridgehead atoms. The number of alkyl carbamates (subject to hydrolysis) is 1. The van der Waals surface area contributed by atoms with Crippen molar-refractivity contribution >= 4 is 23.9 Å². The van der Waals surface area contributed by atoms with Gasteiger partial charge in [-0.25, -0.2) is 9.59 Å². The zero-order valence-electron chi connectivity index (χ0n) is 22.4. The fraction of sp³-hybridized carbons (Fsp3) is 0.290. The lowest BCUT2D eigenvalue weighted by atomic mass is 9.98. The minimum Gasteiger partial charge on any atom is -0.480 e. The third kappa shape index (κ3) is 6.48. The highest BCUT2D eigenvalue weighted by molar-refractivity contribution is 5.92. The maximum Gasteiger partial charge on any atom is 0.407 e. The van der Waals surface area contributed by atoms with E-state index in [-0.39, 0.29) is 25.6 Å². The van der Waals surface area contributed by atoms with Gasteiger partial charge in [-0.1, -0.05) is 85.8 Å². The zero-order valence-corrected chi connectivity index (χ0v) is 22.4. The fourth-order valence-electron chi connectivity index (χ4n) is 4.96. The van der Waals surface area contributed by atoms with E-state index in [0.717, 1.165) is 32.7 Å². The van der Waals surface area contributed by atoms with Crippen LogP contribution >= 0.6 is 0 Å². The van der Waals surface area contributed by atoms with E-state index in [2.05, 4.69) is 5.32 Å². The van der Waals surface area contributed by atoms with Gasteiger partial charge < -0.3 is 24.8 Å². The number of nitrogens with zero attached hydrogens (tertiary/aromatic N) is 1. The topological polar surface area (TPSA) is 122 Å². The standard InChI is InChI=1S/C31H32N2O7/c1-3-27(30(36)37)33(2)29(35)26(17-28(34)39-18-20-11-5-4-6-12-20)32-31(38)40-19-25-23-15-9-7-13-21(23)22-14-8-10-16-24(22)25/h4-16,25-27H,3,17-19H2,1-2H3,(H,32,38)(H,36,37)/t26-,27?/m0/s1. The number of carbonyl (C=O) groups is 4. The molecule has 2 amide bonds. The van der Waals surface area contributed by atoms with Gasteiger partial charge in [-0.15, -0.1) is 0 Å². The molecule has 0 aromatic heterocycles. The quantitative estimate of drug-likeness (QED) is 0.344. The molecule has 0 radical (unpaired) electrons. The number of likely N-dealkylation sites (N-methyl/N-ethyl adjacent to an activating group) is 1. The highest BCUT2D eigenvalue weighted by Gasteiger charge is 2.34. The number of esters is 1. The summed E-state index contributed by atoms with van der Waals surface area (Å²) in [5.41, 5.74) is 4.96. The van der Waals surface area contributed by atoms with E-state index in [1.54, 1.807) is 31.2 Å². The third-order valence-electron chi connectivity index (χ3n) is 7.03. The van der Waals surface area contributed by atoms with Crippen LogP contribution in [-0.2, 0) is 30.5 Å². The van der Waals surface area contributed by atoms with Crippen molar-refractivity contribution in [2.45, 2.75) is 44.4 Å². The highest BCUT2D eigenvalue weighted by Crippen LogP contribution is 2.44.